The molecule has 3 rings (SSSR count). The minimum Gasteiger partial charge on any atom is -0.295 e. The monoisotopic (exact) mass is 397 g/mol. The van der Waals surface area contributed by atoms with Crippen molar-refractivity contribution in [2.75, 3.05) is 26.2 Å². The van der Waals surface area contributed by atoms with E-state index in [0.29, 0.717) is 31.2 Å². The molecule has 1 fully saturated rings. The Bertz CT molecular complexity index is 839. The molecule has 0 N–H and O–H groups in total. The van der Waals surface area contributed by atoms with Crippen LogP contribution in [0.3, 0.4) is 0 Å². The number of nitrogens with zero attached hydrogens (tertiary/aromatic N) is 3. The predicted octanol–water partition coefficient (Wildman–Crippen LogP) is 3.22. The predicted molar refractivity (Wildman–Crippen MR) is 103 cm³/mol. The zero-order valence-corrected chi connectivity index (χ0v) is 16.3. The number of aryl methyl sites for hydroxylation is 1. The van der Waals surface area contributed by atoms with Gasteiger partial charge in [-0.25, -0.2) is 13.4 Å². The van der Waals surface area contributed by atoms with Crippen molar-refractivity contribution in [3.8, 4) is 0 Å². The Morgan fingerprint density at radius 2 is 1.88 bits per heavy atom. The summed E-state index contributed by atoms with van der Waals surface area (Å²) in [5, 5.41) is 5.03. The average Bonchev–Trinajstić information content (AvgIpc) is 3.00. The molecule has 1 aliphatic rings. The zero-order valence-electron chi connectivity index (χ0n) is 13.9. The lowest BCUT2D eigenvalue weighted by atomic mass is 10.2. The molecule has 134 valence electrons. The molecule has 0 aliphatic carbocycles. The van der Waals surface area contributed by atoms with Crippen LogP contribution in [0, 0.1) is 6.92 Å². The van der Waals surface area contributed by atoms with E-state index in [1.54, 1.807) is 41.7 Å². The smallest absolute Gasteiger partial charge is 0.236 e. The van der Waals surface area contributed by atoms with E-state index in [4.69, 9.17) is 11.6 Å². The normalized spacial score (nSPS) is 17.4. The van der Waals surface area contributed by atoms with Crippen molar-refractivity contribution in [2.45, 2.75) is 13.5 Å². The molecule has 1 aliphatic heterocycles. The molecule has 0 spiro atoms. The van der Waals surface area contributed by atoms with Crippen molar-refractivity contribution in [2.24, 2.45) is 0 Å². The van der Waals surface area contributed by atoms with Crippen molar-refractivity contribution in [3.05, 3.63) is 56.3 Å². The first kappa shape index (κ1) is 18.5. The van der Waals surface area contributed by atoms with Gasteiger partial charge in [-0.15, -0.1) is 11.3 Å². The van der Waals surface area contributed by atoms with Gasteiger partial charge in [-0.2, -0.15) is 4.31 Å². The number of aromatic nitrogens is 1. The summed E-state index contributed by atoms with van der Waals surface area (Å²) in [6.07, 6.45) is 1.61. The molecule has 0 amide bonds. The van der Waals surface area contributed by atoms with Gasteiger partial charge in [-0.1, -0.05) is 23.7 Å². The van der Waals surface area contributed by atoms with E-state index in [9.17, 15) is 8.42 Å². The third-order valence-electron chi connectivity index (χ3n) is 4.05. The first-order chi connectivity index (χ1) is 11.9. The van der Waals surface area contributed by atoms with Gasteiger partial charge >= 0.3 is 0 Å². The molecule has 2 heterocycles. The van der Waals surface area contributed by atoms with E-state index < -0.39 is 10.0 Å². The van der Waals surface area contributed by atoms with Gasteiger partial charge in [0.2, 0.25) is 10.0 Å². The molecule has 0 bridgehead atoms. The molecular formula is C17H20ClN3O2S2. The van der Waals surface area contributed by atoms with Crippen molar-refractivity contribution in [1.29, 1.82) is 0 Å². The molecule has 2 aromatic rings. The topological polar surface area (TPSA) is 53.5 Å². The Hall–Kier alpha value is -1.25. The molecule has 1 saturated heterocycles. The molecule has 25 heavy (non-hydrogen) atoms. The van der Waals surface area contributed by atoms with Crippen molar-refractivity contribution in [3.63, 3.8) is 0 Å². The summed E-state index contributed by atoms with van der Waals surface area (Å²) in [5.41, 5.74) is 1.87. The lowest BCUT2D eigenvalue weighted by Crippen LogP contribution is -2.47. The fraction of sp³-hybridized carbons (Fsp3) is 0.353. The number of benzene rings is 1. The molecule has 1 aromatic heterocycles. The Morgan fingerprint density at radius 1 is 1.20 bits per heavy atom. The molecule has 1 aromatic carbocycles. The number of rotatable bonds is 5. The summed E-state index contributed by atoms with van der Waals surface area (Å²) in [4.78, 5) is 6.71. The van der Waals surface area contributed by atoms with E-state index in [1.165, 1.54) is 9.71 Å². The van der Waals surface area contributed by atoms with Gasteiger partial charge in [0, 0.05) is 48.5 Å². The largest absolute Gasteiger partial charge is 0.295 e. The quantitative estimate of drug-likeness (QED) is 0.777. The summed E-state index contributed by atoms with van der Waals surface area (Å²) in [6, 6.07) is 7.07. The highest BCUT2D eigenvalue weighted by Crippen LogP contribution is 2.16. The van der Waals surface area contributed by atoms with Crippen LogP contribution in [0.4, 0.5) is 0 Å². The first-order valence-corrected chi connectivity index (χ1v) is 10.8. The summed E-state index contributed by atoms with van der Waals surface area (Å²) in [6.45, 7) is 5.19. The van der Waals surface area contributed by atoms with Crippen LogP contribution in [-0.4, -0.2) is 48.8 Å². The highest BCUT2D eigenvalue weighted by molar-refractivity contribution is 7.92. The highest BCUT2D eigenvalue weighted by Gasteiger charge is 2.25. The van der Waals surface area contributed by atoms with Gasteiger partial charge in [0.05, 0.1) is 10.7 Å². The highest BCUT2D eigenvalue weighted by atomic mass is 35.5. The molecule has 8 heteroatoms. The average molecular weight is 398 g/mol. The fourth-order valence-electron chi connectivity index (χ4n) is 2.68. The maximum Gasteiger partial charge on any atom is 0.236 e. The number of halogens is 1. The maximum absolute atomic E-state index is 12.5. The summed E-state index contributed by atoms with van der Waals surface area (Å²) in [7, 11) is -3.40. The molecule has 0 saturated carbocycles. The van der Waals surface area contributed by atoms with Gasteiger partial charge in [-0.3, -0.25) is 4.90 Å². The van der Waals surface area contributed by atoms with Crippen LogP contribution >= 0.6 is 22.9 Å². The van der Waals surface area contributed by atoms with Crippen LogP contribution in [-0.2, 0) is 16.6 Å². The SMILES string of the molecule is Cc1nc(CN2CCN(S(=O)(=O)/C=C/c3ccc(Cl)cc3)CC2)cs1. The van der Waals surface area contributed by atoms with Crippen LogP contribution in [0.2, 0.25) is 5.02 Å². The molecule has 5 nitrogen and oxygen atoms in total. The molecular weight excluding hydrogens is 378 g/mol. The lowest BCUT2D eigenvalue weighted by molar-refractivity contribution is 0.181. The summed E-state index contributed by atoms with van der Waals surface area (Å²) in [5.74, 6) is 0. The number of sulfonamides is 1. The van der Waals surface area contributed by atoms with Crippen LogP contribution in [0.5, 0.6) is 0 Å². The van der Waals surface area contributed by atoms with Crippen LogP contribution in [0.25, 0.3) is 6.08 Å². The Balaban J connectivity index is 1.56. The van der Waals surface area contributed by atoms with Gasteiger partial charge in [-0.05, 0) is 30.7 Å². The van der Waals surface area contributed by atoms with E-state index in [0.717, 1.165) is 22.8 Å². The molecule has 0 atom stereocenters. The van der Waals surface area contributed by atoms with Gasteiger partial charge in [0.25, 0.3) is 0 Å². The summed E-state index contributed by atoms with van der Waals surface area (Å²) >= 11 is 7.48. The van der Waals surface area contributed by atoms with Crippen molar-refractivity contribution < 1.29 is 8.42 Å². The third-order valence-corrected chi connectivity index (χ3v) is 6.69. The van der Waals surface area contributed by atoms with Crippen molar-refractivity contribution in [1.82, 2.24) is 14.2 Å². The van der Waals surface area contributed by atoms with Gasteiger partial charge in [0.1, 0.15) is 0 Å². The Morgan fingerprint density at radius 3 is 2.48 bits per heavy atom. The second-order valence-electron chi connectivity index (χ2n) is 5.93. The maximum atomic E-state index is 12.5. The number of thiazole rings is 1. The molecule has 0 radical (unpaired) electrons. The van der Waals surface area contributed by atoms with E-state index in [2.05, 4.69) is 15.3 Å². The number of piperazine rings is 1. The van der Waals surface area contributed by atoms with E-state index in [1.807, 2.05) is 6.92 Å². The number of hydrogen-bond acceptors (Lipinski definition) is 5. The van der Waals surface area contributed by atoms with Crippen LogP contribution in [0.1, 0.15) is 16.3 Å². The lowest BCUT2D eigenvalue weighted by Gasteiger charge is -2.32. The third kappa shape index (κ3) is 5.12. The molecule has 0 unspecified atom stereocenters. The van der Waals surface area contributed by atoms with Crippen molar-refractivity contribution >= 4 is 39.0 Å². The van der Waals surface area contributed by atoms with E-state index in [-0.39, 0.29) is 0 Å². The minimum absolute atomic E-state index is 0.496. The van der Waals surface area contributed by atoms with E-state index >= 15 is 0 Å². The van der Waals surface area contributed by atoms with Gasteiger partial charge in [0.15, 0.2) is 0 Å². The first-order valence-electron chi connectivity index (χ1n) is 7.99. The number of hydrogen-bond donors (Lipinski definition) is 0. The van der Waals surface area contributed by atoms with Crippen LogP contribution < -0.4 is 0 Å². The fourth-order valence-corrected chi connectivity index (χ4v) is 4.58. The second kappa shape index (κ2) is 7.97. The van der Waals surface area contributed by atoms with Crippen LogP contribution in [0.15, 0.2) is 35.1 Å². The summed E-state index contributed by atoms with van der Waals surface area (Å²) < 4.78 is 26.5. The standard InChI is InChI=1S/C17H20ClN3O2S2/c1-14-19-17(13-24-14)12-20-7-9-21(10-8-20)25(22,23)11-6-15-2-4-16(18)5-3-15/h2-6,11,13H,7-10,12H2,1H3/b11-6+. The minimum atomic E-state index is -3.40. The van der Waals surface area contributed by atoms with Gasteiger partial charge < -0.3 is 0 Å². The second-order valence-corrected chi connectivity index (χ2v) is 9.25. The Labute approximate surface area is 157 Å². The zero-order chi connectivity index (χ0) is 17.9. The Kier molecular flexibility index (Phi) is 5.91.